The monoisotopic (exact) mass is 556 g/mol. The van der Waals surface area contributed by atoms with E-state index in [0.29, 0.717) is 0 Å². The van der Waals surface area contributed by atoms with Crippen LogP contribution in [0, 0.1) is 77.5 Å². The fourth-order valence-corrected chi connectivity index (χ4v) is 4.78. The largest absolute Gasteiger partial charge is 0.308 e. The Kier molecular flexibility index (Phi) is 6.30. The quantitative estimate of drug-likeness (QED) is 0.179. The summed E-state index contributed by atoms with van der Waals surface area (Å²) < 4.78 is 60.5. The number of hydrogen-bond donors (Lipinski definition) is 0. The van der Waals surface area contributed by atoms with Crippen molar-refractivity contribution in [3.05, 3.63) is 128 Å². The molecule has 0 saturated heterocycles. The highest BCUT2D eigenvalue weighted by molar-refractivity contribution is 6.29. The highest BCUT2D eigenvalue weighted by Crippen LogP contribution is 2.57. The Morgan fingerprint density at radius 1 is 0.643 bits per heavy atom. The van der Waals surface area contributed by atoms with Crippen LogP contribution in [0.5, 0.6) is 0 Å². The van der Waals surface area contributed by atoms with Gasteiger partial charge in [0.2, 0.25) is 5.70 Å². The third-order valence-electron chi connectivity index (χ3n) is 6.30. The highest BCUT2D eigenvalue weighted by atomic mass is 19.1. The lowest BCUT2D eigenvalue weighted by atomic mass is 9.90. The predicted molar refractivity (Wildman–Crippen MR) is 134 cm³/mol. The van der Waals surface area contributed by atoms with Crippen LogP contribution in [0.4, 0.5) is 17.6 Å². The van der Waals surface area contributed by atoms with Crippen molar-refractivity contribution in [3.63, 3.8) is 0 Å². The number of fused-ring (bicyclic) bond motifs is 2. The number of rotatable bonds is 2. The van der Waals surface area contributed by atoms with Crippen LogP contribution in [0.1, 0.15) is 33.4 Å². The molecule has 14 heteroatoms. The second kappa shape index (κ2) is 9.95. The Morgan fingerprint density at radius 3 is 1.50 bits per heavy atom. The summed E-state index contributed by atoms with van der Waals surface area (Å²) in [6.45, 7) is 22.8. The van der Waals surface area contributed by atoms with Gasteiger partial charge in [-0.25, -0.2) is 53.8 Å². The van der Waals surface area contributed by atoms with E-state index in [1.165, 1.54) is 0 Å². The molecule has 0 fully saturated rings. The summed E-state index contributed by atoms with van der Waals surface area (Å²) in [6.07, 6.45) is 1.23. The van der Waals surface area contributed by atoms with E-state index in [-0.39, 0.29) is 22.3 Å². The summed E-state index contributed by atoms with van der Waals surface area (Å²) in [5, 5.41) is 29.5. The van der Waals surface area contributed by atoms with Gasteiger partial charge in [0.15, 0.2) is 0 Å². The van der Waals surface area contributed by atoms with Gasteiger partial charge in [-0.05, 0) is 11.1 Å². The van der Waals surface area contributed by atoms with Gasteiger partial charge < -0.3 is 0 Å². The molecule has 0 saturated carbocycles. The second-order valence-electron chi connectivity index (χ2n) is 8.20. The molecule has 194 valence electrons. The van der Waals surface area contributed by atoms with E-state index in [1.807, 2.05) is 0 Å². The summed E-state index contributed by atoms with van der Waals surface area (Å²) in [5.41, 5.74) is -7.75. The van der Waals surface area contributed by atoms with Crippen LogP contribution >= 0.6 is 0 Å². The molecule has 3 aromatic rings. The third-order valence-corrected chi connectivity index (χ3v) is 6.30. The topological polar surface area (TPSA) is 136 Å². The molecule has 0 spiro atoms. The van der Waals surface area contributed by atoms with Gasteiger partial charge in [-0.3, -0.25) is 0 Å². The molecule has 10 nitrogen and oxygen atoms in total. The first-order valence-corrected chi connectivity index (χ1v) is 11.1. The molecule has 0 atom stereocenters. The number of hydrogen-bond acceptors (Lipinski definition) is 7. The minimum Gasteiger partial charge on any atom is -0.237 e. The molecular weight excluding hydrogens is 552 g/mol. The Labute approximate surface area is 232 Å². The third kappa shape index (κ3) is 3.59. The standard InChI is InChI=1S/C28H4F4N10/c1-36-14(5-34)19-16(11-7-39-27(31)40-8-11)13(4-33)18-21(19)25(30)22-20(15(6-35)37-2)17(12-9-41-28(32)42-10-12)26(38-3)23(22)24(18)29/h7-10H/b19-14-,20-15+. The van der Waals surface area contributed by atoms with Crippen molar-refractivity contribution < 1.29 is 17.6 Å². The number of benzene rings is 1. The van der Waals surface area contributed by atoms with Crippen LogP contribution in [0.15, 0.2) is 36.2 Å². The number of allylic oxidation sites excluding steroid dienone is 7. The Hall–Kier alpha value is -7.00. The Balaban J connectivity index is 2.03. The van der Waals surface area contributed by atoms with Crippen LogP contribution in [0.25, 0.3) is 48.1 Å². The van der Waals surface area contributed by atoms with Gasteiger partial charge in [-0.2, -0.15) is 14.0 Å². The van der Waals surface area contributed by atoms with Gasteiger partial charge in [-0.1, -0.05) is 0 Å². The Morgan fingerprint density at radius 2 is 1.07 bits per heavy atom. The average molecular weight is 556 g/mol. The first kappa shape index (κ1) is 26.6. The Bertz CT molecular complexity index is 1980. The molecule has 2 aliphatic carbocycles. The van der Waals surface area contributed by atoms with Crippen molar-refractivity contribution in [3.8, 4) is 18.2 Å². The van der Waals surface area contributed by atoms with Gasteiger partial charge in [0.05, 0.1) is 37.4 Å². The van der Waals surface area contributed by atoms with Gasteiger partial charge in [0, 0.05) is 69.3 Å². The maximum atomic E-state index is 16.8. The van der Waals surface area contributed by atoms with E-state index in [2.05, 4.69) is 34.5 Å². The van der Waals surface area contributed by atoms with Crippen molar-refractivity contribution in [2.45, 2.75) is 0 Å². The molecular formula is C28H4F4N10. The lowest BCUT2D eigenvalue weighted by Gasteiger charge is -2.15. The number of aromatic nitrogens is 4. The van der Waals surface area contributed by atoms with E-state index < -0.39 is 79.9 Å². The van der Waals surface area contributed by atoms with E-state index in [0.717, 1.165) is 24.8 Å². The minimum atomic E-state index is -1.37. The normalized spacial score (nSPS) is 15.4. The molecule has 2 heterocycles. The van der Waals surface area contributed by atoms with Crippen molar-refractivity contribution in [2.75, 3.05) is 0 Å². The van der Waals surface area contributed by atoms with E-state index in [4.69, 9.17) is 19.7 Å². The summed E-state index contributed by atoms with van der Waals surface area (Å²) in [4.78, 5) is 23.1. The lowest BCUT2D eigenvalue weighted by Crippen LogP contribution is -2.05. The van der Waals surface area contributed by atoms with E-state index in [1.54, 1.807) is 18.2 Å². The zero-order valence-corrected chi connectivity index (χ0v) is 20.3. The highest BCUT2D eigenvalue weighted by Gasteiger charge is 2.44. The molecule has 0 unspecified atom stereocenters. The first-order chi connectivity index (χ1) is 20.3. The van der Waals surface area contributed by atoms with Crippen molar-refractivity contribution in [2.24, 2.45) is 0 Å². The van der Waals surface area contributed by atoms with Crippen molar-refractivity contribution in [1.82, 2.24) is 19.9 Å². The summed E-state index contributed by atoms with van der Waals surface area (Å²) in [7, 11) is 0. The molecule has 0 N–H and O–H groups in total. The van der Waals surface area contributed by atoms with Crippen LogP contribution in [0.3, 0.4) is 0 Å². The van der Waals surface area contributed by atoms with Crippen LogP contribution < -0.4 is 0 Å². The molecule has 42 heavy (non-hydrogen) atoms. The SMILES string of the molecule is [C-]#[N+]C1=C(c2cnc(F)nc2)/C(=C(/C#N)[N+]#[C-])c2c(F)c3c(c(F)c21)C(C#N)=C(c1cnc(F)nc1)/C3=C(\C#N)[N+]#[C-]. The minimum absolute atomic E-state index is 0.154. The van der Waals surface area contributed by atoms with E-state index >= 15 is 8.78 Å². The zero-order chi connectivity index (χ0) is 30.3. The lowest BCUT2D eigenvalue weighted by molar-refractivity contribution is 0.537. The van der Waals surface area contributed by atoms with Crippen LogP contribution in [-0.2, 0) is 0 Å². The average Bonchev–Trinajstić information content (AvgIpc) is 3.53. The molecule has 5 rings (SSSR count). The maximum Gasteiger partial charge on any atom is 0.308 e. The maximum absolute atomic E-state index is 16.8. The van der Waals surface area contributed by atoms with Crippen LogP contribution in [-0.4, -0.2) is 19.9 Å². The number of nitrogens with zero attached hydrogens (tertiary/aromatic N) is 10. The second-order valence-corrected chi connectivity index (χ2v) is 8.20. The zero-order valence-electron chi connectivity index (χ0n) is 20.3. The molecule has 0 amide bonds. The molecule has 0 bridgehead atoms. The number of halogens is 4. The molecule has 2 aliphatic rings. The number of nitriles is 3. The molecule has 2 aromatic heterocycles. The smallest absolute Gasteiger partial charge is 0.237 e. The summed E-state index contributed by atoms with van der Waals surface area (Å²) in [5.74, 6) is -2.72. The summed E-state index contributed by atoms with van der Waals surface area (Å²) >= 11 is 0. The molecule has 0 aliphatic heterocycles. The predicted octanol–water partition coefficient (Wildman–Crippen LogP) is 5.38. The van der Waals surface area contributed by atoms with Crippen LogP contribution in [0.2, 0.25) is 0 Å². The van der Waals surface area contributed by atoms with Gasteiger partial charge in [-0.15, -0.1) is 0 Å². The van der Waals surface area contributed by atoms with Crippen molar-refractivity contribution in [1.29, 1.82) is 15.8 Å². The van der Waals surface area contributed by atoms with Gasteiger partial charge in [0.25, 0.3) is 11.4 Å². The fourth-order valence-electron chi connectivity index (χ4n) is 4.78. The molecule has 1 aromatic carbocycles. The van der Waals surface area contributed by atoms with Crippen molar-refractivity contribution >= 4 is 33.6 Å². The summed E-state index contributed by atoms with van der Waals surface area (Å²) in [6, 6.07) is 4.88. The van der Waals surface area contributed by atoms with E-state index in [9.17, 15) is 24.6 Å². The fraction of sp³-hybridized carbons (Fsp3) is 0. The van der Waals surface area contributed by atoms with Gasteiger partial charge in [0.1, 0.15) is 17.7 Å². The first-order valence-electron chi connectivity index (χ1n) is 11.1. The molecule has 0 radical (unpaired) electrons. The van der Waals surface area contributed by atoms with Gasteiger partial charge >= 0.3 is 12.2 Å².